The van der Waals surface area contributed by atoms with Gasteiger partial charge in [0.2, 0.25) is 0 Å². The number of sulfone groups is 1. The number of nitrogen functional groups attached to an aromatic ring is 1. The van der Waals surface area contributed by atoms with Crippen LogP contribution in [0, 0.1) is 0 Å². The Balaban J connectivity index is 2.72. The monoisotopic (exact) mass is 227 g/mol. The maximum absolute atomic E-state index is 11.5. The van der Waals surface area contributed by atoms with Crippen LogP contribution in [0.1, 0.15) is 15.9 Å². The van der Waals surface area contributed by atoms with Crippen LogP contribution in [0.25, 0.3) is 0 Å². The third-order valence-corrected chi connectivity index (χ3v) is 4.25. The summed E-state index contributed by atoms with van der Waals surface area (Å²) in [5.41, 5.74) is 6.11. The average molecular weight is 227 g/mol. The van der Waals surface area contributed by atoms with E-state index in [0.717, 1.165) is 0 Å². The van der Waals surface area contributed by atoms with Gasteiger partial charge in [0.25, 0.3) is 0 Å². The summed E-state index contributed by atoms with van der Waals surface area (Å²) in [7, 11) is -3.30. The molecule has 0 radical (unpaired) electrons. The van der Waals surface area contributed by atoms with Crippen molar-refractivity contribution in [1.29, 1.82) is 0 Å². The SMILES string of the molecule is Nc1cc(C(=O)O)cc2c1S(=O)(=O)CC2. The summed E-state index contributed by atoms with van der Waals surface area (Å²) in [6.07, 6.45) is 0.336. The molecule has 0 unspecified atom stereocenters. The minimum absolute atomic E-state index is 0.00953. The van der Waals surface area contributed by atoms with Gasteiger partial charge in [-0.15, -0.1) is 0 Å². The van der Waals surface area contributed by atoms with Gasteiger partial charge in [0.05, 0.1) is 21.9 Å². The van der Waals surface area contributed by atoms with Crippen LogP contribution in [0.15, 0.2) is 17.0 Å². The van der Waals surface area contributed by atoms with E-state index in [-0.39, 0.29) is 21.9 Å². The van der Waals surface area contributed by atoms with Crippen LogP contribution >= 0.6 is 0 Å². The third-order valence-electron chi connectivity index (χ3n) is 2.39. The number of carboxylic acids is 1. The zero-order valence-corrected chi connectivity index (χ0v) is 8.54. The number of hydrogen-bond acceptors (Lipinski definition) is 4. The molecule has 0 fully saturated rings. The van der Waals surface area contributed by atoms with Gasteiger partial charge in [-0.1, -0.05) is 0 Å². The molecule has 0 saturated heterocycles. The zero-order chi connectivity index (χ0) is 11.2. The summed E-state index contributed by atoms with van der Waals surface area (Å²) in [5.74, 6) is -1.09. The Bertz CT molecular complexity index is 547. The summed E-state index contributed by atoms with van der Waals surface area (Å²) in [4.78, 5) is 10.8. The number of anilines is 1. The van der Waals surface area contributed by atoms with Crippen molar-refractivity contribution in [2.45, 2.75) is 11.3 Å². The van der Waals surface area contributed by atoms with Gasteiger partial charge in [0, 0.05) is 0 Å². The molecule has 15 heavy (non-hydrogen) atoms. The molecule has 0 bridgehead atoms. The molecule has 1 aliphatic heterocycles. The van der Waals surface area contributed by atoms with Gasteiger partial charge in [-0.25, -0.2) is 13.2 Å². The van der Waals surface area contributed by atoms with E-state index in [4.69, 9.17) is 10.8 Å². The highest BCUT2D eigenvalue weighted by atomic mass is 32.2. The first kappa shape index (κ1) is 9.97. The fraction of sp³-hybridized carbons (Fsp3) is 0.222. The van der Waals surface area contributed by atoms with Gasteiger partial charge in [-0.2, -0.15) is 0 Å². The Hall–Kier alpha value is -1.56. The predicted molar refractivity (Wildman–Crippen MR) is 53.6 cm³/mol. The Labute approximate surface area is 86.4 Å². The van der Waals surface area contributed by atoms with Crippen LogP contribution in [0.4, 0.5) is 5.69 Å². The second-order valence-electron chi connectivity index (χ2n) is 3.43. The van der Waals surface area contributed by atoms with E-state index in [1.54, 1.807) is 0 Å². The molecule has 80 valence electrons. The molecular formula is C9H9NO4S. The summed E-state index contributed by atoms with van der Waals surface area (Å²) in [5, 5.41) is 8.77. The first-order valence-corrected chi connectivity index (χ1v) is 5.95. The maximum Gasteiger partial charge on any atom is 0.335 e. The van der Waals surface area contributed by atoms with Crippen molar-refractivity contribution in [3.8, 4) is 0 Å². The Morgan fingerprint density at radius 2 is 2.07 bits per heavy atom. The number of rotatable bonds is 1. The van der Waals surface area contributed by atoms with E-state index < -0.39 is 15.8 Å². The predicted octanol–water partition coefficient (Wildman–Crippen LogP) is 0.297. The number of nitrogens with two attached hydrogens (primary N) is 1. The molecular weight excluding hydrogens is 218 g/mol. The Kier molecular flexibility index (Phi) is 1.97. The standard InChI is InChI=1S/C9H9NO4S/c10-7-4-6(9(11)12)3-5-1-2-15(13,14)8(5)7/h3-4H,1-2,10H2,(H,11,12). The fourth-order valence-corrected chi connectivity index (χ4v) is 3.42. The highest BCUT2D eigenvalue weighted by Gasteiger charge is 2.29. The molecule has 1 aromatic carbocycles. The largest absolute Gasteiger partial charge is 0.478 e. The van der Waals surface area contributed by atoms with Crippen LogP contribution < -0.4 is 5.73 Å². The second-order valence-corrected chi connectivity index (χ2v) is 5.47. The van der Waals surface area contributed by atoms with Crippen LogP contribution in [-0.2, 0) is 16.3 Å². The number of benzene rings is 1. The highest BCUT2D eigenvalue weighted by molar-refractivity contribution is 7.91. The van der Waals surface area contributed by atoms with Crippen LogP contribution in [0.5, 0.6) is 0 Å². The lowest BCUT2D eigenvalue weighted by Gasteiger charge is -2.04. The summed E-state index contributed by atoms with van der Waals surface area (Å²) < 4.78 is 23.1. The van der Waals surface area contributed by atoms with Gasteiger partial charge in [-0.3, -0.25) is 0 Å². The topological polar surface area (TPSA) is 97.5 Å². The lowest BCUT2D eigenvalue weighted by molar-refractivity contribution is 0.0696. The van der Waals surface area contributed by atoms with Crippen molar-refractivity contribution < 1.29 is 18.3 Å². The van der Waals surface area contributed by atoms with Crippen molar-refractivity contribution in [2.24, 2.45) is 0 Å². The second kappa shape index (κ2) is 2.96. The zero-order valence-electron chi connectivity index (χ0n) is 7.73. The Morgan fingerprint density at radius 1 is 1.40 bits per heavy atom. The van der Waals surface area contributed by atoms with E-state index in [2.05, 4.69) is 0 Å². The molecule has 5 nitrogen and oxygen atoms in total. The summed E-state index contributed by atoms with van der Waals surface area (Å²) in [6, 6.07) is 2.56. The minimum Gasteiger partial charge on any atom is -0.478 e. The number of carboxylic acid groups (broad SMARTS) is 1. The molecule has 2 rings (SSSR count). The lowest BCUT2D eigenvalue weighted by atomic mass is 10.1. The van der Waals surface area contributed by atoms with Crippen molar-refractivity contribution in [1.82, 2.24) is 0 Å². The molecule has 0 aliphatic carbocycles. The number of aryl methyl sites for hydroxylation is 1. The van der Waals surface area contributed by atoms with Gasteiger partial charge in [0.15, 0.2) is 9.84 Å². The van der Waals surface area contributed by atoms with Gasteiger partial charge < -0.3 is 10.8 Å². The molecule has 3 N–H and O–H groups in total. The first-order chi connectivity index (χ1) is 6.92. The van der Waals surface area contributed by atoms with Gasteiger partial charge in [-0.05, 0) is 24.1 Å². The van der Waals surface area contributed by atoms with Crippen molar-refractivity contribution >= 4 is 21.5 Å². The quantitative estimate of drug-likeness (QED) is 0.672. The maximum atomic E-state index is 11.5. The van der Waals surface area contributed by atoms with Crippen molar-refractivity contribution in [3.05, 3.63) is 23.3 Å². The van der Waals surface area contributed by atoms with Crippen molar-refractivity contribution in [3.63, 3.8) is 0 Å². The first-order valence-electron chi connectivity index (χ1n) is 4.30. The lowest BCUT2D eigenvalue weighted by Crippen LogP contribution is -2.05. The molecule has 1 aromatic rings. The molecule has 6 heteroatoms. The highest BCUT2D eigenvalue weighted by Crippen LogP contribution is 2.32. The summed E-state index contributed by atoms with van der Waals surface area (Å²) >= 11 is 0. The van der Waals surface area contributed by atoms with Gasteiger partial charge >= 0.3 is 5.97 Å². The fourth-order valence-electron chi connectivity index (χ4n) is 1.75. The van der Waals surface area contributed by atoms with Crippen LogP contribution in [0.2, 0.25) is 0 Å². The van der Waals surface area contributed by atoms with E-state index in [1.165, 1.54) is 12.1 Å². The molecule has 0 spiro atoms. The number of hydrogen-bond donors (Lipinski definition) is 2. The van der Waals surface area contributed by atoms with Crippen LogP contribution in [0.3, 0.4) is 0 Å². The average Bonchev–Trinajstić information content (AvgIpc) is 2.42. The molecule has 1 heterocycles. The molecule has 0 saturated carbocycles. The molecule has 0 aromatic heterocycles. The number of carbonyl (C=O) groups is 1. The number of fused-ring (bicyclic) bond motifs is 1. The van der Waals surface area contributed by atoms with E-state index in [0.29, 0.717) is 12.0 Å². The molecule has 0 atom stereocenters. The van der Waals surface area contributed by atoms with Crippen molar-refractivity contribution in [2.75, 3.05) is 11.5 Å². The Morgan fingerprint density at radius 3 is 2.67 bits per heavy atom. The smallest absolute Gasteiger partial charge is 0.335 e. The van der Waals surface area contributed by atoms with E-state index in [1.807, 2.05) is 0 Å². The normalized spacial score (nSPS) is 17.3. The van der Waals surface area contributed by atoms with Crippen LogP contribution in [-0.4, -0.2) is 25.2 Å². The third kappa shape index (κ3) is 1.46. The molecule has 0 amide bonds. The summed E-state index contributed by atoms with van der Waals surface area (Å²) in [6.45, 7) is 0. The molecule has 1 aliphatic rings. The van der Waals surface area contributed by atoms with Gasteiger partial charge in [0.1, 0.15) is 0 Å². The van der Waals surface area contributed by atoms with E-state index >= 15 is 0 Å². The number of aromatic carboxylic acids is 1. The van der Waals surface area contributed by atoms with E-state index in [9.17, 15) is 13.2 Å². The minimum atomic E-state index is -3.30.